The zero-order valence-electron chi connectivity index (χ0n) is 13.8. The number of hydrogen-bond donors (Lipinski definition) is 1. The first kappa shape index (κ1) is 16.4. The second-order valence-corrected chi connectivity index (χ2v) is 6.31. The van der Waals surface area contributed by atoms with E-state index in [4.69, 9.17) is 9.26 Å². The van der Waals surface area contributed by atoms with Crippen LogP contribution in [0.4, 0.5) is 0 Å². The Hall–Kier alpha value is -0.940. The molecule has 1 N–H and O–H groups in total. The molecule has 1 aliphatic rings. The molecular weight excluding hydrogens is 266 g/mol. The second-order valence-electron chi connectivity index (χ2n) is 6.31. The first-order valence-corrected chi connectivity index (χ1v) is 8.27. The van der Waals surface area contributed by atoms with Gasteiger partial charge >= 0.3 is 0 Å². The van der Waals surface area contributed by atoms with Gasteiger partial charge in [0.1, 0.15) is 6.10 Å². The topological polar surface area (TPSA) is 60.2 Å². The summed E-state index contributed by atoms with van der Waals surface area (Å²) in [5.74, 6) is 2.48. The minimum Gasteiger partial charge on any atom is -0.370 e. The Bertz CT molecular complexity index is 413. The number of aromatic nitrogens is 2. The fraction of sp³-hybridized carbons (Fsp3) is 0.875. The average Bonchev–Trinajstić information content (AvgIpc) is 3.13. The van der Waals surface area contributed by atoms with Gasteiger partial charge in [-0.05, 0) is 38.6 Å². The quantitative estimate of drug-likeness (QED) is 0.798. The first-order valence-electron chi connectivity index (χ1n) is 8.27. The molecule has 0 radical (unpaired) electrons. The van der Waals surface area contributed by atoms with Gasteiger partial charge in [0, 0.05) is 19.1 Å². The molecule has 0 aromatic carbocycles. The van der Waals surface area contributed by atoms with Crippen LogP contribution in [0.2, 0.25) is 0 Å². The van der Waals surface area contributed by atoms with Crippen molar-refractivity contribution in [1.82, 2.24) is 15.5 Å². The van der Waals surface area contributed by atoms with Crippen LogP contribution in [-0.4, -0.2) is 29.8 Å². The number of rotatable bonds is 8. The van der Waals surface area contributed by atoms with Crippen molar-refractivity contribution in [2.75, 3.05) is 13.7 Å². The minimum absolute atomic E-state index is 0.0768. The standard InChI is InChI=1S/C16H29N3O2/c1-5-20-15(11(2)3)16-18-14(21-19-16)10-13(17-4)12-8-6-7-9-12/h11-13,15,17H,5-10H2,1-4H3. The smallest absolute Gasteiger partial charge is 0.228 e. The Balaban J connectivity index is 2.00. The maximum atomic E-state index is 5.73. The monoisotopic (exact) mass is 295 g/mol. The van der Waals surface area contributed by atoms with E-state index in [0.29, 0.717) is 24.4 Å². The third-order valence-corrected chi connectivity index (χ3v) is 4.42. The summed E-state index contributed by atoms with van der Waals surface area (Å²) in [6.07, 6.45) is 6.03. The Morgan fingerprint density at radius 3 is 2.62 bits per heavy atom. The van der Waals surface area contributed by atoms with E-state index >= 15 is 0 Å². The van der Waals surface area contributed by atoms with Gasteiger partial charge in [-0.2, -0.15) is 4.98 Å². The summed E-state index contributed by atoms with van der Waals surface area (Å²) in [4.78, 5) is 4.57. The van der Waals surface area contributed by atoms with Crippen molar-refractivity contribution in [3.05, 3.63) is 11.7 Å². The average molecular weight is 295 g/mol. The summed E-state index contributed by atoms with van der Waals surface area (Å²) in [6, 6.07) is 0.436. The number of nitrogens with one attached hydrogen (secondary N) is 1. The van der Waals surface area contributed by atoms with Crippen LogP contribution in [0.1, 0.15) is 64.3 Å². The predicted molar refractivity (Wildman–Crippen MR) is 82.0 cm³/mol. The Morgan fingerprint density at radius 2 is 2.05 bits per heavy atom. The molecule has 21 heavy (non-hydrogen) atoms. The van der Waals surface area contributed by atoms with Crippen LogP contribution in [0.15, 0.2) is 4.52 Å². The van der Waals surface area contributed by atoms with Crippen LogP contribution in [-0.2, 0) is 11.2 Å². The Morgan fingerprint density at radius 1 is 1.33 bits per heavy atom. The molecule has 1 aliphatic carbocycles. The van der Waals surface area contributed by atoms with Crippen LogP contribution in [0.5, 0.6) is 0 Å². The molecule has 0 bridgehead atoms. The van der Waals surface area contributed by atoms with Gasteiger partial charge in [-0.25, -0.2) is 0 Å². The lowest BCUT2D eigenvalue weighted by Crippen LogP contribution is -2.34. The molecule has 1 aromatic heterocycles. The second kappa shape index (κ2) is 7.90. The zero-order valence-corrected chi connectivity index (χ0v) is 13.8. The van der Waals surface area contributed by atoms with Crippen molar-refractivity contribution >= 4 is 0 Å². The number of nitrogens with zero attached hydrogens (tertiary/aromatic N) is 2. The highest BCUT2D eigenvalue weighted by atomic mass is 16.5. The molecule has 2 atom stereocenters. The number of hydrogen-bond acceptors (Lipinski definition) is 5. The summed E-state index contributed by atoms with van der Waals surface area (Å²) in [5, 5.41) is 7.55. The van der Waals surface area contributed by atoms with Gasteiger partial charge in [-0.3, -0.25) is 0 Å². The zero-order chi connectivity index (χ0) is 15.2. The van der Waals surface area contributed by atoms with Crippen LogP contribution < -0.4 is 5.32 Å². The van der Waals surface area contributed by atoms with E-state index in [1.165, 1.54) is 25.7 Å². The molecule has 0 spiro atoms. The van der Waals surface area contributed by atoms with Crippen LogP contribution >= 0.6 is 0 Å². The lowest BCUT2D eigenvalue weighted by Gasteiger charge is -2.21. The van der Waals surface area contributed by atoms with Gasteiger partial charge in [-0.15, -0.1) is 0 Å². The molecule has 0 saturated heterocycles. The van der Waals surface area contributed by atoms with E-state index in [1.807, 2.05) is 14.0 Å². The van der Waals surface area contributed by atoms with Crippen molar-refractivity contribution in [3.8, 4) is 0 Å². The maximum absolute atomic E-state index is 5.73. The third kappa shape index (κ3) is 4.27. The van der Waals surface area contributed by atoms with Gasteiger partial charge in [-0.1, -0.05) is 31.8 Å². The third-order valence-electron chi connectivity index (χ3n) is 4.42. The van der Waals surface area contributed by atoms with Crippen molar-refractivity contribution in [2.45, 2.75) is 65.0 Å². The molecule has 120 valence electrons. The predicted octanol–water partition coefficient (Wildman–Crippen LogP) is 3.12. The Labute approximate surface area is 127 Å². The highest BCUT2D eigenvalue weighted by Gasteiger charge is 2.27. The molecule has 0 aliphatic heterocycles. The van der Waals surface area contributed by atoms with Crippen molar-refractivity contribution in [2.24, 2.45) is 11.8 Å². The van der Waals surface area contributed by atoms with Crippen molar-refractivity contribution in [3.63, 3.8) is 0 Å². The largest absolute Gasteiger partial charge is 0.370 e. The molecule has 1 aromatic rings. The van der Waals surface area contributed by atoms with Crippen molar-refractivity contribution < 1.29 is 9.26 Å². The number of likely N-dealkylation sites (N-methyl/N-ethyl adjacent to an activating group) is 1. The first-order chi connectivity index (χ1) is 10.2. The minimum atomic E-state index is -0.0768. The molecule has 1 saturated carbocycles. The molecule has 2 unspecified atom stereocenters. The van der Waals surface area contributed by atoms with Crippen LogP contribution in [0, 0.1) is 11.8 Å². The highest BCUT2D eigenvalue weighted by Crippen LogP contribution is 2.29. The number of ether oxygens (including phenoxy) is 1. The van der Waals surface area contributed by atoms with Crippen LogP contribution in [0.25, 0.3) is 0 Å². The molecule has 5 nitrogen and oxygen atoms in total. The van der Waals surface area contributed by atoms with E-state index in [2.05, 4.69) is 29.3 Å². The summed E-state index contributed by atoms with van der Waals surface area (Å²) in [7, 11) is 2.03. The van der Waals surface area contributed by atoms with Gasteiger partial charge in [0.05, 0.1) is 0 Å². The van der Waals surface area contributed by atoms with E-state index in [1.54, 1.807) is 0 Å². The van der Waals surface area contributed by atoms with Gasteiger partial charge < -0.3 is 14.6 Å². The summed E-state index contributed by atoms with van der Waals surface area (Å²) in [5.41, 5.74) is 0. The SMILES string of the molecule is CCOC(c1noc(CC(NC)C2CCCC2)n1)C(C)C. The van der Waals surface area contributed by atoms with Crippen molar-refractivity contribution in [1.29, 1.82) is 0 Å². The van der Waals surface area contributed by atoms with Gasteiger partial charge in [0.25, 0.3) is 0 Å². The lowest BCUT2D eigenvalue weighted by atomic mass is 9.95. The Kier molecular flexibility index (Phi) is 6.18. The van der Waals surface area contributed by atoms with E-state index in [9.17, 15) is 0 Å². The summed E-state index contributed by atoms with van der Waals surface area (Å²) in [6.45, 7) is 6.89. The highest BCUT2D eigenvalue weighted by molar-refractivity contribution is 4.96. The van der Waals surface area contributed by atoms with E-state index in [-0.39, 0.29) is 6.10 Å². The molecule has 1 heterocycles. The van der Waals surface area contributed by atoms with Gasteiger partial charge in [0.2, 0.25) is 11.7 Å². The van der Waals surface area contributed by atoms with E-state index in [0.717, 1.165) is 18.2 Å². The molecule has 2 rings (SSSR count). The lowest BCUT2D eigenvalue weighted by molar-refractivity contribution is 0.0217. The van der Waals surface area contributed by atoms with E-state index < -0.39 is 0 Å². The molecule has 5 heteroatoms. The fourth-order valence-corrected chi connectivity index (χ4v) is 3.26. The molecule has 1 fully saturated rings. The molecular formula is C16H29N3O2. The van der Waals surface area contributed by atoms with Crippen LogP contribution in [0.3, 0.4) is 0 Å². The summed E-state index contributed by atoms with van der Waals surface area (Å²) < 4.78 is 11.2. The normalized spacial score (nSPS) is 19.3. The summed E-state index contributed by atoms with van der Waals surface area (Å²) >= 11 is 0. The molecule has 0 amide bonds. The fourth-order valence-electron chi connectivity index (χ4n) is 3.26. The maximum Gasteiger partial charge on any atom is 0.228 e. The van der Waals surface area contributed by atoms with Gasteiger partial charge in [0.15, 0.2) is 0 Å².